The Balaban J connectivity index is 1.41. The fourth-order valence-electron chi connectivity index (χ4n) is 6.31. The van der Waals surface area contributed by atoms with Crippen molar-refractivity contribution in [2.45, 2.75) is 57.1 Å². The maximum absolute atomic E-state index is 10.9. The summed E-state index contributed by atoms with van der Waals surface area (Å²) in [6.07, 6.45) is 12.4. The van der Waals surface area contributed by atoms with Gasteiger partial charge in [-0.1, -0.05) is 17.3 Å². The average molecular weight is 364 g/mol. The van der Waals surface area contributed by atoms with Gasteiger partial charge in [0.1, 0.15) is 0 Å². The van der Waals surface area contributed by atoms with Crippen molar-refractivity contribution in [1.82, 2.24) is 15.1 Å². The lowest BCUT2D eigenvalue weighted by Crippen LogP contribution is -2.59. The van der Waals surface area contributed by atoms with Crippen LogP contribution in [0.3, 0.4) is 0 Å². The van der Waals surface area contributed by atoms with Crippen molar-refractivity contribution < 1.29 is 9.63 Å². The molecule has 2 aromatic heterocycles. The SMILES string of the molecule is Cc1nc(-c2cnc3c(c2NC2C4CC5CC2CC(O)(C5)C4)C=CC3)no1. The van der Waals surface area contributed by atoms with Crippen LogP contribution in [0.4, 0.5) is 5.69 Å². The second-order valence-corrected chi connectivity index (χ2v) is 9.02. The van der Waals surface area contributed by atoms with Gasteiger partial charge in [0.05, 0.1) is 22.5 Å². The van der Waals surface area contributed by atoms with E-state index in [1.807, 2.05) is 13.1 Å². The minimum atomic E-state index is -0.414. The van der Waals surface area contributed by atoms with Crippen molar-refractivity contribution in [2.24, 2.45) is 17.8 Å². The number of aromatic nitrogens is 3. The lowest BCUT2D eigenvalue weighted by atomic mass is 9.52. The van der Waals surface area contributed by atoms with E-state index in [1.165, 1.54) is 12.8 Å². The summed E-state index contributed by atoms with van der Waals surface area (Å²) in [7, 11) is 0. The molecule has 140 valence electrons. The summed E-state index contributed by atoms with van der Waals surface area (Å²) in [5.41, 5.74) is 3.83. The summed E-state index contributed by atoms with van der Waals surface area (Å²) in [6.45, 7) is 1.81. The first-order valence-corrected chi connectivity index (χ1v) is 10.1. The highest BCUT2D eigenvalue weighted by atomic mass is 16.5. The number of aliphatic hydroxyl groups is 1. The normalized spacial score (nSPS) is 35.6. The highest BCUT2D eigenvalue weighted by molar-refractivity contribution is 5.84. The largest absolute Gasteiger partial charge is 0.390 e. The lowest BCUT2D eigenvalue weighted by molar-refractivity contribution is -0.129. The van der Waals surface area contributed by atoms with Crippen LogP contribution in [-0.2, 0) is 6.42 Å². The number of fused-ring (bicyclic) bond motifs is 1. The van der Waals surface area contributed by atoms with Gasteiger partial charge in [-0.25, -0.2) is 0 Å². The van der Waals surface area contributed by atoms with Gasteiger partial charge in [-0.2, -0.15) is 4.98 Å². The topological polar surface area (TPSA) is 84.1 Å². The molecule has 2 heterocycles. The Labute approximate surface area is 158 Å². The predicted molar refractivity (Wildman–Crippen MR) is 101 cm³/mol. The van der Waals surface area contributed by atoms with E-state index in [0.29, 0.717) is 35.5 Å². The van der Waals surface area contributed by atoms with Crippen LogP contribution in [0.15, 0.2) is 16.8 Å². The lowest BCUT2D eigenvalue weighted by Gasteiger charge is -2.58. The number of nitrogens with one attached hydrogen (secondary N) is 1. The minimum Gasteiger partial charge on any atom is -0.390 e. The third-order valence-electron chi connectivity index (χ3n) is 7.12. The van der Waals surface area contributed by atoms with E-state index < -0.39 is 5.60 Å². The summed E-state index contributed by atoms with van der Waals surface area (Å²) in [4.78, 5) is 9.08. The van der Waals surface area contributed by atoms with E-state index in [4.69, 9.17) is 4.52 Å². The molecule has 0 aliphatic heterocycles. The summed E-state index contributed by atoms with van der Waals surface area (Å²) in [6, 6.07) is 0.397. The highest BCUT2D eigenvalue weighted by Crippen LogP contribution is 2.56. The quantitative estimate of drug-likeness (QED) is 0.869. The molecule has 2 aromatic rings. The van der Waals surface area contributed by atoms with Crippen molar-refractivity contribution in [1.29, 1.82) is 0 Å². The Morgan fingerprint density at radius 2 is 2.04 bits per heavy atom. The number of hydrogen-bond donors (Lipinski definition) is 2. The van der Waals surface area contributed by atoms with Crippen molar-refractivity contribution in [3.8, 4) is 11.4 Å². The molecule has 2 atom stereocenters. The zero-order chi connectivity index (χ0) is 18.2. The van der Waals surface area contributed by atoms with Crippen LogP contribution < -0.4 is 5.32 Å². The molecule has 0 aromatic carbocycles. The van der Waals surface area contributed by atoms with Gasteiger partial charge in [0, 0.05) is 31.1 Å². The molecule has 0 saturated heterocycles. The molecule has 0 amide bonds. The first-order chi connectivity index (χ1) is 13.1. The Morgan fingerprint density at radius 1 is 1.22 bits per heavy atom. The number of pyridine rings is 1. The Bertz CT molecular complexity index is 934. The van der Waals surface area contributed by atoms with E-state index in [9.17, 15) is 5.11 Å². The molecule has 6 nitrogen and oxygen atoms in total. The molecule has 0 spiro atoms. The summed E-state index contributed by atoms with van der Waals surface area (Å²) >= 11 is 0. The zero-order valence-electron chi connectivity index (χ0n) is 15.5. The number of hydrogen-bond acceptors (Lipinski definition) is 6. The average Bonchev–Trinajstić information content (AvgIpc) is 3.25. The van der Waals surface area contributed by atoms with Crippen molar-refractivity contribution in [3.05, 3.63) is 29.4 Å². The Hall–Kier alpha value is -2.21. The second kappa shape index (κ2) is 5.41. The van der Waals surface area contributed by atoms with E-state index in [0.717, 1.165) is 48.2 Å². The minimum absolute atomic E-state index is 0.397. The van der Waals surface area contributed by atoms with Crippen molar-refractivity contribution in [3.63, 3.8) is 0 Å². The van der Waals surface area contributed by atoms with Crippen LogP contribution in [0, 0.1) is 24.7 Å². The molecule has 4 saturated carbocycles. The molecule has 0 radical (unpaired) electrons. The number of aryl methyl sites for hydroxylation is 1. The number of nitrogens with zero attached hydrogens (tertiary/aromatic N) is 3. The van der Waals surface area contributed by atoms with Crippen molar-refractivity contribution in [2.75, 3.05) is 5.32 Å². The molecule has 6 heteroatoms. The van der Waals surface area contributed by atoms with Crippen LogP contribution >= 0.6 is 0 Å². The predicted octanol–water partition coefficient (Wildman–Crippen LogP) is 3.36. The van der Waals surface area contributed by atoms with Gasteiger partial charge in [0.2, 0.25) is 11.7 Å². The fraction of sp³-hybridized carbons (Fsp3) is 0.571. The first-order valence-electron chi connectivity index (χ1n) is 10.1. The van der Waals surface area contributed by atoms with Crippen LogP contribution in [-0.4, -0.2) is 31.9 Å². The molecule has 4 bridgehead atoms. The third kappa shape index (κ3) is 2.39. The van der Waals surface area contributed by atoms with E-state index >= 15 is 0 Å². The van der Waals surface area contributed by atoms with Gasteiger partial charge in [0.15, 0.2) is 0 Å². The van der Waals surface area contributed by atoms with Gasteiger partial charge < -0.3 is 14.9 Å². The van der Waals surface area contributed by atoms with Gasteiger partial charge in [0.25, 0.3) is 0 Å². The second-order valence-electron chi connectivity index (χ2n) is 9.02. The molecule has 2 N–H and O–H groups in total. The number of rotatable bonds is 3. The monoisotopic (exact) mass is 364 g/mol. The van der Waals surface area contributed by atoms with Gasteiger partial charge >= 0.3 is 0 Å². The van der Waals surface area contributed by atoms with E-state index in [-0.39, 0.29) is 0 Å². The van der Waals surface area contributed by atoms with Crippen molar-refractivity contribution >= 4 is 11.8 Å². The van der Waals surface area contributed by atoms with Gasteiger partial charge in [-0.05, 0) is 49.9 Å². The maximum atomic E-state index is 10.9. The zero-order valence-corrected chi connectivity index (χ0v) is 15.5. The summed E-state index contributed by atoms with van der Waals surface area (Å²) in [5, 5.41) is 18.9. The molecular weight excluding hydrogens is 340 g/mol. The molecule has 5 aliphatic carbocycles. The molecule has 4 fully saturated rings. The molecular formula is C21H24N4O2. The maximum Gasteiger partial charge on any atom is 0.223 e. The number of anilines is 1. The first kappa shape index (κ1) is 15.8. The standard InChI is InChI=1S/C21H24N4O2/c1-11-23-20(25-27-11)16-10-22-17-4-2-3-15(17)19(16)24-18-13-5-12-6-14(18)9-21(26,7-12)8-13/h2-3,10,12-14,18,26H,4-9H2,1H3,(H,22,24). The fourth-order valence-corrected chi connectivity index (χ4v) is 6.31. The molecule has 2 unspecified atom stereocenters. The molecule has 5 aliphatic rings. The Kier molecular flexibility index (Phi) is 3.17. The van der Waals surface area contributed by atoms with Crippen LogP contribution in [0.1, 0.15) is 49.3 Å². The van der Waals surface area contributed by atoms with Gasteiger partial charge in [-0.15, -0.1) is 0 Å². The molecule has 27 heavy (non-hydrogen) atoms. The van der Waals surface area contributed by atoms with E-state index in [1.54, 1.807) is 0 Å². The smallest absolute Gasteiger partial charge is 0.223 e. The third-order valence-corrected chi connectivity index (χ3v) is 7.12. The van der Waals surface area contributed by atoms with Gasteiger partial charge in [-0.3, -0.25) is 4.98 Å². The van der Waals surface area contributed by atoms with Crippen LogP contribution in [0.5, 0.6) is 0 Å². The Morgan fingerprint density at radius 3 is 2.74 bits per heavy atom. The molecule has 7 rings (SSSR count). The van der Waals surface area contributed by atoms with Crippen LogP contribution in [0.2, 0.25) is 0 Å². The highest BCUT2D eigenvalue weighted by Gasteiger charge is 2.54. The summed E-state index contributed by atoms with van der Waals surface area (Å²) in [5.74, 6) is 2.93. The van der Waals surface area contributed by atoms with Crippen LogP contribution in [0.25, 0.3) is 17.5 Å². The summed E-state index contributed by atoms with van der Waals surface area (Å²) < 4.78 is 5.22. The van der Waals surface area contributed by atoms with E-state index in [2.05, 4.69) is 32.6 Å². The number of allylic oxidation sites excluding steroid dienone is 1.